The molecule has 92 heavy (non-hydrogen) atoms. The van der Waals surface area contributed by atoms with E-state index >= 15 is 0 Å². The number of hydrogen-bond acceptors (Lipinski definition) is 23. The molecule has 0 rings (SSSR count). The molecule has 0 atom stereocenters. The molecule has 0 aromatic rings. The summed E-state index contributed by atoms with van der Waals surface area (Å²) in [5.74, 6) is 7.29. The van der Waals surface area contributed by atoms with Crippen LogP contribution in [-0.2, 0) is 90.2 Å². The quantitative estimate of drug-likeness (QED) is 0.0411. The van der Waals surface area contributed by atoms with Gasteiger partial charge in [-0.25, -0.2) is 0 Å². The molecule has 0 heterocycles. The Morgan fingerprint density at radius 3 is 0.870 bits per heavy atom. The van der Waals surface area contributed by atoms with Gasteiger partial charge in [0.25, 0.3) is 0 Å². The van der Waals surface area contributed by atoms with Crippen molar-refractivity contribution in [3.8, 4) is 0 Å². The summed E-state index contributed by atoms with van der Waals surface area (Å²) < 4.78 is 93.3. The van der Waals surface area contributed by atoms with Gasteiger partial charge in [0.2, 0.25) is 0 Å². The number of Topliss-reactive ketones (excluding diaryl/α,β-unsaturated/α-hetero) is 1. The van der Waals surface area contributed by atoms with E-state index in [1.807, 2.05) is 56.1 Å². The maximum absolute atomic E-state index is 12.3. The topological polar surface area (TPSA) is 199 Å². The second-order valence-corrected chi connectivity index (χ2v) is 27.1. The number of ether oxygens (including phenoxy) is 16. The van der Waals surface area contributed by atoms with E-state index in [1.54, 1.807) is 6.92 Å². The average molecular weight is 1400 g/mol. The molecule has 23 heteroatoms. The number of carbonyl (C=O) groups is 3. The van der Waals surface area contributed by atoms with Gasteiger partial charge >= 0.3 is 5.97 Å². The van der Waals surface area contributed by atoms with Crippen LogP contribution in [0.3, 0.4) is 0 Å². The molecule has 0 amide bonds. The molecule has 0 bridgehead atoms. The van der Waals surface area contributed by atoms with Crippen molar-refractivity contribution in [3.63, 3.8) is 0 Å². The van der Waals surface area contributed by atoms with Crippen molar-refractivity contribution in [2.75, 3.05) is 245 Å². The smallest absolute Gasteiger partial charge is 0.306 e. The van der Waals surface area contributed by atoms with Crippen molar-refractivity contribution >= 4 is 63.9 Å². The Balaban J connectivity index is 5.10. The maximum atomic E-state index is 12.3. The Morgan fingerprint density at radius 1 is 0.250 bits per heavy atom. The normalized spacial score (nSPS) is 11.8. The molecule has 0 N–H and O–H groups in total. The molecule has 0 saturated carbocycles. The predicted molar refractivity (Wildman–Crippen MR) is 379 cm³/mol. The van der Waals surface area contributed by atoms with Crippen molar-refractivity contribution in [1.29, 1.82) is 0 Å². The fraction of sp³-hybridized carbons (Fsp3) is 0.957. The monoisotopic (exact) mass is 1390 g/mol. The second-order valence-electron chi connectivity index (χ2n) is 22.3. The first-order valence-corrected chi connectivity index (χ1v) is 40.1. The lowest BCUT2D eigenvalue weighted by molar-refractivity contribution is -0.142. The molecular weight excluding hydrogens is 1260 g/mol. The van der Waals surface area contributed by atoms with Crippen molar-refractivity contribution in [1.82, 2.24) is 0 Å². The molecule has 0 aliphatic heterocycles. The maximum Gasteiger partial charge on any atom is 0.306 e. The molecule has 0 fully saturated rings. The van der Waals surface area contributed by atoms with E-state index in [-0.39, 0.29) is 36.1 Å². The largest absolute Gasteiger partial charge is 0.466 e. The number of rotatable bonds is 82. The minimum atomic E-state index is -0.653. The van der Waals surface area contributed by atoms with Crippen LogP contribution in [0, 0.1) is 5.41 Å². The molecule has 548 valence electrons. The molecular formula is C69H134O19S4. The molecule has 0 aliphatic rings. The zero-order valence-corrected chi connectivity index (χ0v) is 61.8. The van der Waals surface area contributed by atoms with Crippen LogP contribution in [-0.4, -0.2) is 262 Å². The Kier molecular flexibility index (Phi) is 79.3. The van der Waals surface area contributed by atoms with Crippen molar-refractivity contribution < 1.29 is 90.2 Å². The first-order valence-electron chi connectivity index (χ1n) is 35.6. The fourth-order valence-electron chi connectivity index (χ4n) is 8.80. The van der Waals surface area contributed by atoms with Gasteiger partial charge in [0, 0.05) is 91.1 Å². The van der Waals surface area contributed by atoms with Crippen LogP contribution in [0.15, 0.2) is 0 Å². The molecule has 0 saturated heterocycles. The summed E-state index contributed by atoms with van der Waals surface area (Å²) >= 11 is 7.17. The van der Waals surface area contributed by atoms with Gasteiger partial charge in [-0.1, -0.05) is 69.5 Å². The van der Waals surface area contributed by atoms with Gasteiger partial charge in [-0.2, -0.15) is 35.3 Å². The highest BCUT2D eigenvalue weighted by molar-refractivity contribution is 8.13. The van der Waals surface area contributed by atoms with Gasteiger partial charge in [0.1, 0.15) is 5.78 Å². The molecule has 0 unspecified atom stereocenters. The van der Waals surface area contributed by atoms with Gasteiger partial charge in [0.15, 0.2) is 5.12 Å². The third kappa shape index (κ3) is 73.8. The second kappa shape index (κ2) is 79.6. The summed E-state index contributed by atoms with van der Waals surface area (Å²) in [6.07, 6.45) is 23.0. The molecule has 0 aromatic carbocycles. The van der Waals surface area contributed by atoms with Crippen LogP contribution in [0.4, 0.5) is 0 Å². The van der Waals surface area contributed by atoms with Gasteiger partial charge < -0.3 is 75.8 Å². The first-order chi connectivity index (χ1) is 45.4. The lowest BCUT2D eigenvalue weighted by atomic mass is 9.92. The fourth-order valence-corrected chi connectivity index (χ4v) is 12.3. The molecule has 0 aromatic heterocycles. The van der Waals surface area contributed by atoms with Crippen LogP contribution >= 0.6 is 47.0 Å². The summed E-state index contributed by atoms with van der Waals surface area (Å²) in [5.41, 5.74) is -0.653. The summed E-state index contributed by atoms with van der Waals surface area (Å²) in [6.45, 7) is 24.2. The summed E-state index contributed by atoms with van der Waals surface area (Å²) in [7, 11) is 0. The van der Waals surface area contributed by atoms with Crippen molar-refractivity contribution in [2.24, 2.45) is 5.41 Å². The molecule has 0 aliphatic carbocycles. The van der Waals surface area contributed by atoms with Gasteiger partial charge in [-0.05, 0) is 126 Å². The predicted octanol–water partition coefficient (Wildman–Crippen LogP) is 12.8. The number of esters is 1. The highest BCUT2D eigenvalue weighted by Crippen LogP contribution is 2.22. The highest BCUT2D eigenvalue weighted by atomic mass is 32.2. The minimum absolute atomic E-state index is 0.0171. The number of hydrogen-bond donors (Lipinski definition) is 0. The Hall–Kier alpha value is -0.390. The Bertz CT molecular complexity index is 1380. The van der Waals surface area contributed by atoms with Gasteiger partial charge in [0.05, 0.1) is 151 Å². The summed E-state index contributed by atoms with van der Waals surface area (Å²) in [6, 6.07) is 0. The zero-order chi connectivity index (χ0) is 66.5. The van der Waals surface area contributed by atoms with Crippen LogP contribution in [0.2, 0.25) is 0 Å². The van der Waals surface area contributed by atoms with E-state index in [1.165, 1.54) is 112 Å². The lowest BCUT2D eigenvalue weighted by Crippen LogP contribution is -2.43. The van der Waals surface area contributed by atoms with E-state index in [2.05, 4.69) is 0 Å². The summed E-state index contributed by atoms with van der Waals surface area (Å²) in [4.78, 5) is 36.0. The van der Waals surface area contributed by atoms with E-state index in [0.717, 1.165) is 110 Å². The first kappa shape index (κ1) is 91.6. The van der Waals surface area contributed by atoms with Gasteiger partial charge in [-0.3, -0.25) is 14.4 Å². The summed E-state index contributed by atoms with van der Waals surface area (Å²) in [5, 5.41) is -0.0955. The SMILES string of the molecule is CCOCCCSCCCCCCCOCCOCCOCC(COCCOCCOCCCCCCCSCCCOCC)(COCCOCCOCCCCCCCSCCCOCC)COCCOCCOCCCC(=O)CCC(=O)SCCC(=O)OCC. The van der Waals surface area contributed by atoms with Gasteiger partial charge in [-0.15, -0.1) is 0 Å². The standard InChI is InChI=1S/C69H134O19S4/c1-5-73-36-25-58-89-55-21-15-9-12-18-32-76-39-43-80-47-51-84-62-69(63-85-52-48-81-44-40-77-33-19-13-10-16-22-56-90-59-26-37-74-6-2,64-86-53-49-82-45-41-78-34-20-14-11-17-23-57-91-60-27-38-75-7-3)65-87-54-50-83-46-42-79-35-24-28-66(70)29-30-68(72)92-61-31-67(71)88-8-4/h5-65H2,1-4H3. The number of carbonyl (C=O) groups excluding carboxylic acids is 3. The Labute approximate surface area is 576 Å². The van der Waals surface area contributed by atoms with Crippen LogP contribution < -0.4 is 0 Å². The number of thioether (sulfide) groups is 4. The average Bonchev–Trinajstić information content (AvgIpc) is 1.17. The van der Waals surface area contributed by atoms with Crippen LogP contribution in [0.25, 0.3) is 0 Å². The molecule has 19 nitrogen and oxygen atoms in total. The van der Waals surface area contributed by atoms with Crippen LogP contribution in [0.1, 0.15) is 175 Å². The van der Waals surface area contributed by atoms with E-state index < -0.39 is 5.41 Å². The van der Waals surface area contributed by atoms with E-state index in [0.29, 0.717) is 164 Å². The number of unbranched alkanes of at least 4 members (excludes halogenated alkanes) is 12. The van der Waals surface area contributed by atoms with Crippen molar-refractivity contribution in [2.45, 2.75) is 175 Å². The lowest BCUT2D eigenvalue weighted by Gasteiger charge is -2.33. The van der Waals surface area contributed by atoms with E-state index in [4.69, 9.17) is 75.8 Å². The van der Waals surface area contributed by atoms with E-state index in [9.17, 15) is 14.4 Å². The zero-order valence-electron chi connectivity index (χ0n) is 58.5. The number of ketones is 1. The third-order valence-electron chi connectivity index (χ3n) is 13.9. The van der Waals surface area contributed by atoms with Crippen molar-refractivity contribution in [3.05, 3.63) is 0 Å². The highest BCUT2D eigenvalue weighted by Gasteiger charge is 2.33. The van der Waals surface area contributed by atoms with Crippen LogP contribution in [0.5, 0.6) is 0 Å². The third-order valence-corrected chi connectivity index (χ3v) is 18.3. The molecule has 0 radical (unpaired) electrons. The minimum Gasteiger partial charge on any atom is -0.466 e. The molecule has 0 spiro atoms. The Morgan fingerprint density at radius 2 is 0.533 bits per heavy atom.